The van der Waals surface area contributed by atoms with Gasteiger partial charge in [0, 0.05) is 16.2 Å². The molecule has 0 unspecified atom stereocenters. The second kappa shape index (κ2) is 5.32. The van der Waals surface area contributed by atoms with Crippen LogP contribution in [0.2, 0.25) is 0 Å². The minimum atomic E-state index is -0.419. The zero-order valence-corrected chi connectivity index (χ0v) is 11.0. The van der Waals surface area contributed by atoms with Crippen LogP contribution < -0.4 is 5.32 Å². The molecular formula is C12H11BrN2O3. The summed E-state index contributed by atoms with van der Waals surface area (Å²) in [5.74, 6) is -0.828. The van der Waals surface area contributed by atoms with Gasteiger partial charge in [-0.05, 0) is 24.3 Å². The lowest BCUT2D eigenvalue weighted by atomic mass is 10.3. The Kier molecular flexibility index (Phi) is 3.78. The van der Waals surface area contributed by atoms with Gasteiger partial charge in [0.25, 0.3) is 11.8 Å². The molecule has 0 saturated heterocycles. The quantitative estimate of drug-likeness (QED) is 0.817. The number of carbonyl (C=O) groups excluding carboxylic acids is 2. The second-order valence-electron chi connectivity index (χ2n) is 3.71. The Labute approximate surface area is 112 Å². The molecular weight excluding hydrogens is 300 g/mol. The van der Waals surface area contributed by atoms with Gasteiger partial charge < -0.3 is 10.4 Å². The van der Waals surface area contributed by atoms with E-state index in [4.69, 9.17) is 5.11 Å². The number of nitrogens with zero attached hydrogens (tertiary/aromatic N) is 1. The summed E-state index contributed by atoms with van der Waals surface area (Å²) in [6.45, 7) is -0.226. The lowest BCUT2D eigenvalue weighted by molar-refractivity contribution is -0.137. The van der Waals surface area contributed by atoms with Gasteiger partial charge in [-0.3, -0.25) is 14.5 Å². The fourth-order valence-corrected chi connectivity index (χ4v) is 1.86. The molecule has 1 aromatic carbocycles. The smallest absolute Gasteiger partial charge is 0.277 e. The van der Waals surface area contributed by atoms with E-state index in [1.165, 1.54) is 6.08 Å². The number of β-amino-alcohol motifs (C(OH)–C–C–N with tert-alkyl or cyclic N) is 1. The molecule has 2 rings (SSSR count). The van der Waals surface area contributed by atoms with Crippen LogP contribution in [-0.4, -0.2) is 35.0 Å². The molecule has 5 nitrogen and oxygen atoms in total. The molecule has 0 fully saturated rings. The molecule has 1 heterocycles. The van der Waals surface area contributed by atoms with Crippen LogP contribution in [0.15, 0.2) is 40.5 Å². The number of amides is 2. The molecule has 1 aliphatic heterocycles. The van der Waals surface area contributed by atoms with Crippen molar-refractivity contribution in [2.24, 2.45) is 0 Å². The number of benzene rings is 1. The molecule has 0 aromatic heterocycles. The first-order valence-electron chi connectivity index (χ1n) is 5.33. The fraction of sp³-hybridized carbons (Fsp3) is 0.167. The van der Waals surface area contributed by atoms with Crippen molar-refractivity contribution in [2.45, 2.75) is 0 Å². The number of aliphatic hydroxyl groups is 1. The van der Waals surface area contributed by atoms with Crippen LogP contribution in [0.1, 0.15) is 0 Å². The number of aliphatic hydroxyl groups excluding tert-OH is 1. The molecule has 0 atom stereocenters. The first-order valence-corrected chi connectivity index (χ1v) is 6.12. The van der Waals surface area contributed by atoms with Gasteiger partial charge in [-0.2, -0.15) is 0 Å². The number of carbonyl (C=O) groups is 2. The highest BCUT2D eigenvalue weighted by molar-refractivity contribution is 9.10. The average Bonchev–Trinajstić information content (AvgIpc) is 2.60. The summed E-state index contributed by atoms with van der Waals surface area (Å²) in [6.07, 6.45) is 1.24. The minimum absolute atomic E-state index is 0.0136. The topological polar surface area (TPSA) is 69.6 Å². The first kappa shape index (κ1) is 12.8. The standard InChI is InChI=1S/C12H11BrN2O3/c13-8-1-3-9(4-2-8)14-10-7-11(17)15(5-6-16)12(10)18/h1-4,7,14,16H,5-6H2. The molecule has 2 N–H and O–H groups in total. The Morgan fingerprint density at radius 2 is 1.89 bits per heavy atom. The minimum Gasteiger partial charge on any atom is -0.395 e. The summed E-state index contributed by atoms with van der Waals surface area (Å²) in [7, 11) is 0. The second-order valence-corrected chi connectivity index (χ2v) is 4.62. The van der Waals surface area contributed by atoms with Crippen molar-refractivity contribution < 1.29 is 14.7 Å². The van der Waals surface area contributed by atoms with Gasteiger partial charge in [-0.25, -0.2) is 0 Å². The van der Waals surface area contributed by atoms with Crippen LogP contribution in [0.3, 0.4) is 0 Å². The molecule has 0 aliphatic carbocycles. The predicted octanol–water partition coefficient (Wildman–Crippen LogP) is 1.11. The van der Waals surface area contributed by atoms with Crippen molar-refractivity contribution >= 4 is 33.4 Å². The number of hydrogen-bond donors (Lipinski definition) is 2. The zero-order valence-electron chi connectivity index (χ0n) is 9.39. The van der Waals surface area contributed by atoms with Crippen LogP contribution in [-0.2, 0) is 9.59 Å². The van der Waals surface area contributed by atoms with Crippen LogP contribution in [0.5, 0.6) is 0 Å². The maximum atomic E-state index is 11.8. The van der Waals surface area contributed by atoms with Gasteiger partial charge in [-0.15, -0.1) is 0 Å². The molecule has 2 amide bonds. The third-order valence-electron chi connectivity index (χ3n) is 2.46. The van der Waals surface area contributed by atoms with Gasteiger partial charge in [0.05, 0.1) is 13.2 Å². The number of halogens is 1. The average molecular weight is 311 g/mol. The van der Waals surface area contributed by atoms with Crippen molar-refractivity contribution in [3.63, 3.8) is 0 Å². The van der Waals surface area contributed by atoms with E-state index in [0.717, 1.165) is 15.1 Å². The Hall–Kier alpha value is -1.66. The highest BCUT2D eigenvalue weighted by atomic mass is 79.9. The molecule has 0 spiro atoms. The van der Waals surface area contributed by atoms with E-state index >= 15 is 0 Å². The van der Waals surface area contributed by atoms with Crippen LogP contribution >= 0.6 is 15.9 Å². The van der Waals surface area contributed by atoms with E-state index in [1.807, 2.05) is 12.1 Å². The number of rotatable bonds is 4. The van der Waals surface area contributed by atoms with Crippen molar-refractivity contribution in [3.8, 4) is 0 Å². The van der Waals surface area contributed by atoms with Crippen LogP contribution in [0, 0.1) is 0 Å². The number of imide groups is 1. The van der Waals surface area contributed by atoms with Crippen molar-refractivity contribution in [2.75, 3.05) is 18.5 Å². The van der Waals surface area contributed by atoms with Crippen molar-refractivity contribution in [3.05, 3.63) is 40.5 Å². The monoisotopic (exact) mass is 310 g/mol. The number of anilines is 1. The van der Waals surface area contributed by atoms with Gasteiger partial charge in [0.1, 0.15) is 5.70 Å². The first-order chi connectivity index (χ1) is 8.61. The van der Waals surface area contributed by atoms with Gasteiger partial charge in [0.2, 0.25) is 0 Å². The summed E-state index contributed by atoms with van der Waals surface area (Å²) in [5, 5.41) is 11.7. The fourth-order valence-electron chi connectivity index (χ4n) is 1.60. The van der Waals surface area contributed by atoms with E-state index in [1.54, 1.807) is 12.1 Å². The number of nitrogens with one attached hydrogen (secondary N) is 1. The molecule has 1 aliphatic rings. The number of hydrogen-bond acceptors (Lipinski definition) is 4. The molecule has 94 valence electrons. The molecule has 0 bridgehead atoms. The zero-order chi connectivity index (χ0) is 13.1. The SMILES string of the molecule is O=C1C=C(Nc2ccc(Br)cc2)C(=O)N1CCO. The molecule has 1 aromatic rings. The normalized spacial score (nSPS) is 15.0. The highest BCUT2D eigenvalue weighted by Gasteiger charge is 2.30. The lowest BCUT2D eigenvalue weighted by Crippen LogP contribution is -2.34. The van der Waals surface area contributed by atoms with Crippen LogP contribution in [0.25, 0.3) is 0 Å². The van der Waals surface area contributed by atoms with Crippen molar-refractivity contribution in [1.82, 2.24) is 4.90 Å². The highest BCUT2D eigenvalue weighted by Crippen LogP contribution is 2.19. The van der Waals surface area contributed by atoms with Gasteiger partial charge in [0.15, 0.2) is 0 Å². The van der Waals surface area contributed by atoms with Crippen LogP contribution in [0.4, 0.5) is 5.69 Å². The maximum absolute atomic E-state index is 11.8. The van der Waals surface area contributed by atoms with E-state index in [2.05, 4.69) is 21.2 Å². The lowest BCUT2D eigenvalue weighted by Gasteiger charge is -2.13. The summed E-state index contributed by atoms with van der Waals surface area (Å²) in [6, 6.07) is 7.24. The molecule has 6 heteroatoms. The Morgan fingerprint density at radius 1 is 1.22 bits per heavy atom. The third-order valence-corrected chi connectivity index (χ3v) is 2.98. The van der Waals surface area contributed by atoms with E-state index in [0.29, 0.717) is 0 Å². The van der Waals surface area contributed by atoms with E-state index in [-0.39, 0.29) is 18.8 Å². The van der Waals surface area contributed by atoms with E-state index in [9.17, 15) is 9.59 Å². The summed E-state index contributed by atoms with van der Waals surface area (Å²) in [5.41, 5.74) is 0.937. The third kappa shape index (κ3) is 2.60. The van der Waals surface area contributed by atoms with E-state index < -0.39 is 11.8 Å². The van der Waals surface area contributed by atoms with Crippen molar-refractivity contribution in [1.29, 1.82) is 0 Å². The van der Waals surface area contributed by atoms with Gasteiger partial charge >= 0.3 is 0 Å². The summed E-state index contributed by atoms with van der Waals surface area (Å²) in [4.78, 5) is 24.3. The maximum Gasteiger partial charge on any atom is 0.277 e. The predicted molar refractivity (Wildman–Crippen MR) is 69.7 cm³/mol. The largest absolute Gasteiger partial charge is 0.395 e. The summed E-state index contributed by atoms with van der Waals surface area (Å²) < 4.78 is 0.928. The Balaban J connectivity index is 2.11. The summed E-state index contributed by atoms with van der Waals surface area (Å²) >= 11 is 3.31. The molecule has 0 radical (unpaired) electrons. The molecule has 0 saturated carbocycles. The Bertz CT molecular complexity index is 511. The van der Waals surface area contributed by atoms with Gasteiger partial charge in [-0.1, -0.05) is 15.9 Å². The molecule has 18 heavy (non-hydrogen) atoms. The Morgan fingerprint density at radius 3 is 2.50 bits per heavy atom.